The molecule has 1 heterocycles. The van der Waals surface area contributed by atoms with E-state index in [4.69, 9.17) is 26.8 Å². The van der Waals surface area contributed by atoms with Gasteiger partial charge in [-0.15, -0.1) is 0 Å². The summed E-state index contributed by atoms with van der Waals surface area (Å²) >= 11 is 5.76. The van der Waals surface area contributed by atoms with Gasteiger partial charge in [-0.2, -0.15) is 0 Å². The van der Waals surface area contributed by atoms with Crippen LogP contribution in [0.1, 0.15) is 16.8 Å². The second-order valence-corrected chi connectivity index (χ2v) is 4.03. The van der Waals surface area contributed by atoms with Crippen LogP contribution in [-0.4, -0.2) is 25.3 Å². The van der Waals surface area contributed by atoms with E-state index in [-0.39, 0.29) is 12.1 Å². The van der Waals surface area contributed by atoms with Gasteiger partial charge in [0.05, 0.1) is 29.5 Å². The van der Waals surface area contributed by atoms with Crippen molar-refractivity contribution in [3.05, 3.63) is 28.8 Å². The molecule has 86 valence electrons. The number of esters is 1. The minimum Gasteiger partial charge on any atom is -0.456 e. The zero-order valence-corrected chi connectivity index (χ0v) is 9.37. The molecule has 5 heteroatoms. The first-order chi connectivity index (χ1) is 7.66. The van der Waals surface area contributed by atoms with Gasteiger partial charge in [-0.3, -0.25) is 0 Å². The summed E-state index contributed by atoms with van der Waals surface area (Å²) in [6.45, 7) is 1.11. The highest BCUT2D eigenvalue weighted by molar-refractivity contribution is 6.33. The van der Waals surface area contributed by atoms with Gasteiger partial charge in [0, 0.05) is 6.42 Å². The molecule has 2 rings (SSSR count). The standard InChI is InChI=1S/C11H12ClNO3/c12-9-2-1-7(5-10(9)13)11(14)16-8-3-4-15-6-8/h1-2,5,8H,3-4,6,13H2. The summed E-state index contributed by atoms with van der Waals surface area (Å²) < 4.78 is 10.3. The SMILES string of the molecule is Nc1cc(C(=O)OC2CCOC2)ccc1Cl. The van der Waals surface area contributed by atoms with Crippen molar-refractivity contribution in [1.29, 1.82) is 0 Å². The van der Waals surface area contributed by atoms with Gasteiger partial charge >= 0.3 is 5.97 Å². The molecule has 1 aromatic carbocycles. The lowest BCUT2D eigenvalue weighted by Gasteiger charge is -2.10. The normalized spacial score (nSPS) is 19.7. The molecule has 1 aliphatic heterocycles. The third-order valence-corrected chi connectivity index (χ3v) is 2.74. The number of carbonyl (C=O) groups excluding carboxylic acids is 1. The Morgan fingerprint density at radius 2 is 2.38 bits per heavy atom. The second-order valence-electron chi connectivity index (χ2n) is 3.63. The topological polar surface area (TPSA) is 61.6 Å². The van der Waals surface area contributed by atoms with Crippen LogP contribution in [0, 0.1) is 0 Å². The highest BCUT2D eigenvalue weighted by atomic mass is 35.5. The highest BCUT2D eigenvalue weighted by Crippen LogP contribution is 2.20. The molecule has 0 aliphatic carbocycles. The highest BCUT2D eigenvalue weighted by Gasteiger charge is 2.20. The molecule has 0 aromatic heterocycles. The number of halogens is 1. The van der Waals surface area contributed by atoms with Gasteiger partial charge in [0.25, 0.3) is 0 Å². The first-order valence-corrected chi connectivity index (χ1v) is 5.38. The van der Waals surface area contributed by atoms with Gasteiger partial charge in [-0.25, -0.2) is 4.79 Å². The molecule has 2 N–H and O–H groups in total. The molecule has 4 nitrogen and oxygen atoms in total. The second kappa shape index (κ2) is 4.72. The maximum absolute atomic E-state index is 11.7. The average Bonchev–Trinajstić information content (AvgIpc) is 2.74. The number of hydrogen-bond donors (Lipinski definition) is 1. The molecular formula is C11H12ClNO3. The van der Waals surface area contributed by atoms with E-state index in [1.807, 2.05) is 0 Å². The lowest BCUT2D eigenvalue weighted by Crippen LogP contribution is -2.18. The van der Waals surface area contributed by atoms with Crippen LogP contribution >= 0.6 is 11.6 Å². The van der Waals surface area contributed by atoms with E-state index in [2.05, 4.69) is 0 Å². The fourth-order valence-electron chi connectivity index (χ4n) is 1.50. The minimum atomic E-state index is -0.390. The predicted octanol–water partition coefficient (Wildman–Crippen LogP) is 1.87. The minimum absolute atomic E-state index is 0.149. The Bertz CT molecular complexity index is 402. The van der Waals surface area contributed by atoms with Crippen molar-refractivity contribution in [2.24, 2.45) is 0 Å². The van der Waals surface area contributed by atoms with Crippen LogP contribution in [-0.2, 0) is 9.47 Å². The van der Waals surface area contributed by atoms with Gasteiger partial charge in [-0.1, -0.05) is 11.6 Å². The predicted molar refractivity (Wildman–Crippen MR) is 60.5 cm³/mol. The summed E-state index contributed by atoms with van der Waals surface area (Å²) in [6, 6.07) is 4.69. The van der Waals surface area contributed by atoms with Crippen LogP contribution in [0.3, 0.4) is 0 Å². The van der Waals surface area contributed by atoms with E-state index in [1.54, 1.807) is 12.1 Å². The number of nitrogens with two attached hydrogens (primary N) is 1. The summed E-state index contributed by atoms with van der Waals surface area (Å²) in [5.74, 6) is -0.390. The molecule has 1 saturated heterocycles. The average molecular weight is 242 g/mol. The molecule has 1 unspecified atom stereocenters. The Balaban J connectivity index is 2.05. The summed E-state index contributed by atoms with van der Waals surface area (Å²) in [6.07, 6.45) is 0.596. The summed E-state index contributed by atoms with van der Waals surface area (Å²) in [7, 11) is 0. The van der Waals surface area contributed by atoms with E-state index in [0.29, 0.717) is 29.5 Å². The first-order valence-electron chi connectivity index (χ1n) is 5.00. The van der Waals surface area contributed by atoms with Crippen molar-refractivity contribution in [3.8, 4) is 0 Å². The monoisotopic (exact) mass is 241 g/mol. The Kier molecular flexibility index (Phi) is 3.31. The van der Waals surface area contributed by atoms with Crippen molar-refractivity contribution in [1.82, 2.24) is 0 Å². The van der Waals surface area contributed by atoms with Crippen molar-refractivity contribution < 1.29 is 14.3 Å². The van der Waals surface area contributed by atoms with E-state index in [0.717, 1.165) is 6.42 Å². The van der Waals surface area contributed by atoms with E-state index in [9.17, 15) is 4.79 Å². The summed E-state index contributed by atoms with van der Waals surface area (Å²) in [5, 5.41) is 0.431. The molecule has 0 bridgehead atoms. The molecule has 1 aliphatic rings. The fourth-order valence-corrected chi connectivity index (χ4v) is 1.61. The van der Waals surface area contributed by atoms with Gasteiger partial charge < -0.3 is 15.2 Å². The third kappa shape index (κ3) is 2.46. The van der Waals surface area contributed by atoms with Crippen LogP contribution < -0.4 is 5.73 Å². The van der Waals surface area contributed by atoms with Crippen LogP contribution in [0.25, 0.3) is 0 Å². The molecule has 0 amide bonds. The summed E-state index contributed by atoms with van der Waals surface area (Å²) in [4.78, 5) is 11.7. The molecule has 16 heavy (non-hydrogen) atoms. The van der Waals surface area contributed by atoms with E-state index < -0.39 is 0 Å². The van der Waals surface area contributed by atoms with Gasteiger partial charge in [0.15, 0.2) is 0 Å². The fraction of sp³-hybridized carbons (Fsp3) is 0.364. The van der Waals surface area contributed by atoms with Crippen molar-refractivity contribution >= 4 is 23.3 Å². The van der Waals surface area contributed by atoms with Gasteiger partial charge in [0.1, 0.15) is 6.10 Å². The van der Waals surface area contributed by atoms with Gasteiger partial charge in [-0.05, 0) is 18.2 Å². The molecular weight excluding hydrogens is 230 g/mol. The van der Waals surface area contributed by atoms with Crippen LogP contribution in [0.4, 0.5) is 5.69 Å². The quantitative estimate of drug-likeness (QED) is 0.634. The number of nitrogen functional groups attached to an aromatic ring is 1. The molecule has 0 saturated carbocycles. The van der Waals surface area contributed by atoms with Crippen LogP contribution in [0.2, 0.25) is 5.02 Å². The maximum atomic E-state index is 11.7. The Labute approximate surface area is 98.3 Å². The van der Waals surface area contributed by atoms with E-state index in [1.165, 1.54) is 6.07 Å². The zero-order chi connectivity index (χ0) is 11.5. The number of anilines is 1. The first kappa shape index (κ1) is 11.2. The Morgan fingerprint density at radius 3 is 3.00 bits per heavy atom. The Hall–Kier alpha value is -1.26. The maximum Gasteiger partial charge on any atom is 0.338 e. The number of hydrogen-bond acceptors (Lipinski definition) is 4. The number of benzene rings is 1. The lowest BCUT2D eigenvalue weighted by atomic mass is 10.2. The van der Waals surface area contributed by atoms with E-state index >= 15 is 0 Å². The Morgan fingerprint density at radius 1 is 1.56 bits per heavy atom. The molecule has 1 aromatic rings. The summed E-state index contributed by atoms with van der Waals surface area (Å²) in [5.41, 5.74) is 6.39. The number of carbonyl (C=O) groups is 1. The molecule has 0 radical (unpaired) electrons. The van der Waals surface area contributed by atoms with Crippen LogP contribution in [0.5, 0.6) is 0 Å². The lowest BCUT2D eigenvalue weighted by molar-refractivity contribution is 0.0271. The third-order valence-electron chi connectivity index (χ3n) is 2.39. The molecule has 1 fully saturated rings. The smallest absolute Gasteiger partial charge is 0.338 e. The molecule has 1 atom stereocenters. The number of rotatable bonds is 2. The molecule has 0 spiro atoms. The van der Waals surface area contributed by atoms with Crippen molar-refractivity contribution in [3.63, 3.8) is 0 Å². The van der Waals surface area contributed by atoms with Crippen LogP contribution in [0.15, 0.2) is 18.2 Å². The van der Waals surface area contributed by atoms with Crippen molar-refractivity contribution in [2.75, 3.05) is 18.9 Å². The largest absolute Gasteiger partial charge is 0.456 e. The van der Waals surface area contributed by atoms with Gasteiger partial charge in [0.2, 0.25) is 0 Å². The van der Waals surface area contributed by atoms with Crippen molar-refractivity contribution in [2.45, 2.75) is 12.5 Å². The number of ether oxygens (including phenoxy) is 2. The zero-order valence-electron chi connectivity index (χ0n) is 8.61.